The molecule has 0 aliphatic heterocycles. The van der Waals surface area contributed by atoms with E-state index in [-0.39, 0.29) is 0 Å². The molecule has 0 aliphatic rings. The molecule has 0 saturated carbocycles. The van der Waals surface area contributed by atoms with Crippen molar-refractivity contribution in [2.24, 2.45) is 0 Å². The highest BCUT2D eigenvalue weighted by molar-refractivity contribution is 7.13. The van der Waals surface area contributed by atoms with Gasteiger partial charge in [0.15, 0.2) is 0 Å². The molecular formula is C22H22F3NS. The summed E-state index contributed by atoms with van der Waals surface area (Å²) in [5.74, 6) is 0. The Hall–Kier alpha value is -2.14. The van der Waals surface area contributed by atoms with Crippen LogP contribution in [0.1, 0.15) is 43.7 Å². The Kier molecular flexibility index (Phi) is 6.32. The van der Waals surface area contributed by atoms with E-state index >= 15 is 0 Å². The number of rotatable bonds is 7. The van der Waals surface area contributed by atoms with E-state index in [0.29, 0.717) is 11.3 Å². The molecule has 27 heavy (non-hydrogen) atoms. The van der Waals surface area contributed by atoms with Crippen LogP contribution in [0.25, 0.3) is 21.7 Å². The molecule has 0 radical (unpaired) electrons. The zero-order valence-electron chi connectivity index (χ0n) is 15.2. The Morgan fingerprint density at radius 3 is 2.41 bits per heavy atom. The summed E-state index contributed by atoms with van der Waals surface area (Å²) in [5, 5.41) is 2.10. The first-order valence-corrected chi connectivity index (χ1v) is 10.1. The van der Waals surface area contributed by atoms with Crippen molar-refractivity contribution in [2.45, 2.75) is 45.2 Å². The Labute approximate surface area is 161 Å². The fourth-order valence-electron chi connectivity index (χ4n) is 3.09. The Bertz CT molecular complexity index is 866. The van der Waals surface area contributed by atoms with Gasteiger partial charge < -0.3 is 0 Å². The van der Waals surface area contributed by atoms with Gasteiger partial charge in [-0.15, -0.1) is 11.3 Å². The van der Waals surface area contributed by atoms with Crippen LogP contribution in [0.2, 0.25) is 0 Å². The molecule has 0 aliphatic carbocycles. The van der Waals surface area contributed by atoms with E-state index in [4.69, 9.17) is 0 Å². The smallest absolute Gasteiger partial charge is 0.256 e. The Balaban J connectivity index is 1.81. The van der Waals surface area contributed by atoms with E-state index in [9.17, 15) is 13.2 Å². The molecule has 0 saturated heterocycles. The first-order valence-electron chi connectivity index (χ1n) is 9.19. The third-order valence-corrected chi connectivity index (χ3v) is 5.58. The zero-order valence-corrected chi connectivity index (χ0v) is 16.0. The van der Waals surface area contributed by atoms with Crippen molar-refractivity contribution >= 4 is 11.3 Å². The minimum atomic E-state index is -4.32. The van der Waals surface area contributed by atoms with Crippen molar-refractivity contribution in [3.05, 3.63) is 65.2 Å². The topological polar surface area (TPSA) is 12.9 Å². The molecular weight excluding hydrogens is 367 g/mol. The van der Waals surface area contributed by atoms with Crippen LogP contribution < -0.4 is 0 Å². The van der Waals surface area contributed by atoms with Gasteiger partial charge in [-0.2, -0.15) is 13.2 Å². The van der Waals surface area contributed by atoms with Crippen LogP contribution in [-0.4, -0.2) is 4.98 Å². The van der Waals surface area contributed by atoms with Crippen LogP contribution in [0.15, 0.2) is 54.0 Å². The molecule has 1 nitrogen and oxygen atoms in total. The zero-order chi connectivity index (χ0) is 19.3. The van der Waals surface area contributed by atoms with Gasteiger partial charge in [0.05, 0.1) is 11.3 Å². The maximum absolute atomic E-state index is 12.8. The number of thiophene rings is 1. The first kappa shape index (κ1) is 19.6. The fourth-order valence-corrected chi connectivity index (χ4v) is 4.04. The largest absolute Gasteiger partial charge is 0.416 e. The average molecular weight is 389 g/mol. The molecule has 0 N–H and O–H groups in total. The van der Waals surface area contributed by atoms with Gasteiger partial charge in [-0.1, -0.05) is 38.3 Å². The number of benzene rings is 1. The monoisotopic (exact) mass is 389 g/mol. The molecule has 0 atom stereocenters. The highest BCUT2D eigenvalue weighted by Gasteiger charge is 2.30. The standard InChI is InChI=1S/C22H22F3NS/c1-2-3-4-5-6-17-12-14-27-21(17)18-11-13-26-20(15-18)16-7-9-19(10-8-16)22(23,24)25/h7-15H,2-6H2,1H3. The van der Waals surface area contributed by atoms with Gasteiger partial charge in [-0.25, -0.2) is 0 Å². The van der Waals surface area contributed by atoms with Crippen molar-refractivity contribution in [1.29, 1.82) is 0 Å². The van der Waals surface area contributed by atoms with E-state index in [2.05, 4.69) is 23.4 Å². The lowest BCUT2D eigenvalue weighted by atomic mass is 10.0. The highest BCUT2D eigenvalue weighted by Crippen LogP contribution is 2.34. The molecule has 0 fully saturated rings. The quantitative estimate of drug-likeness (QED) is 0.379. The Morgan fingerprint density at radius 1 is 0.926 bits per heavy atom. The molecule has 2 heterocycles. The summed E-state index contributed by atoms with van der Waals surface area (Å²) < 4.78 is 38.3. The summed E-state index contributed by atoms with van der Waals surface area (Å²) in [6.07, 6.45) is 3.34. The van der Waals surface area contributed by atoms with Crippen LogP contribution in [0, 0.1) is 0 Å². The number of hydrogen-bond donors (Lipinski definition) is 0. The van der Waals surface area contributed by atoms with Crippen LogP contribution >= 0.6 is 11.3 Å². The van der Waals surface area contributed by atoms with Gasteiger partial charge in [0.25, 0.3) is 0 Å². The van der Waals surface area contributed by atoms with Gasteiger partial charge in [0, 0.05) is 16.6 Å². The molecule has 2 aromatic heterocycles. The van der Waals surface area contributed by atoms with Crippen LogP contribution in [0.3, 0.4) is 0 Å². The van der Waals surface area contributed by atoms with Crippen molar-refractivity contribution < 1.29 is 13.2 Å². The van der Waals surface area contributed by atoms with E-state index in [0.717, 1.165) is 24.1 Å². The highest BCUT2D eigenvalue weighted by atomic mass is 32.1. The van der Waals surface area contributed by atoms with Gasteiger partial charge >= 0.3 is 6.18 Å². The molecule has 0 bridgehead atoms. The predicted molar refractivity (Wildman–Crippen MR) is 106 cm³/mol. The van der Waals surface area contributed by atoms with Crippen molar-refractivity contribution in [3.8, 4) is 21.7 Å². The van der Waals surface area contributed by atoms with Crippen molar-refractivity contribution in [2.75, 3.05) is 0 Å². The predicted octanol–water partition coefficient (Wildman–Crippen LogP) is 7.62. The molecule has 1 aromatic carbocycles. The number of unbranched alkanes of at least 4 members (excludes halogenated alkanes) is 3. The minimum absolute atomic E-state index is 0.643. The summed E-state index contributed by atoms with van der Waals surface area (Å²) in [5.41, 5.74) is 3.13. The van der Waals surface area contributed by atoms with E-state index in [1.54, 1.807) is 17.5 Å². The summed E-state index contributed by atoms with van der Waals surface area (Å²) in [4.78, 5) is 5.58. The Morgan fingerprint density at radius 2 is 1.70 bits per heavy atom. The van der Waals surface area contributed by atoms with Gasteiger partial charge in [0.1, 0.15) is 0 Å². The summed E-state index contributed by atoms with van der Waals surface area (Å²) in [6.45, 7) is 2.20. The summed E-state index contributed by atoms with van der Waals surface area (Å²) >= 11 is 1.70. The number of hydrogen-bond acceptors (Lipinski definition) is 2. The number of aryl methyl sites for hydroxylation is 1. The third-order valence-electron chi connectivity index (χ3n) is 4.58. The van der Waals surface area contributed by atoms with Crippen molar-refractivity contribution in [3.63, 3.8) is 0 Å². The maximum atomic E-state index is 12.8. The molecule has 0 spiro atoms. The minimum Gasteiger partial charge on any atom is -0.256 e. The number of aromatic nitrogens is 1. The summed E-state index contributed by atoms with van der Waals surface area (Å²) in [6, 6.07) is 11.3. The van der Waals surface area contributed by atoms with Gasteiger partial charge in [-0.05, 0) is 59.7 Å². The molecule has 142 valence electrons. The average Bonchev–Trinajstić information content (AvgIpc) is 3.13. The number of pyridine rings is 1. The molecule has 3 rings (SSSR count). The third kappa shape index (κ3) is 4.98. The van der Waals surface area contributed by atoms with Crippen LogP contribution in [0.4, 0.5) is 13.2 Å². The number of halogens is 3. The number of alkyl halides is 3. The second-order valence-corrected chi connectivity index (χ2v) is 7.51. The molecule has 0 unspecified atom stereocenters. The SMILES string of the molecule is CCCCCCc1ccsc1-c1ccnc(-c2ccc(C(F)(F)F)cc2)c1. The van der Waals surface area contributed by atoms with Crippen molar-refractivity contribution in [1.82, 2.24) is 4.98 Å². The van der Waals surface area contributed by atoms with Crippen LogP contribution in [0.5, 0.6) is 0 Å². The molecule has 0 amide bonds. The maximum Gasteiger partial charge on any atom is 0.416 e. The lowest BCUT2D eigenvalue weighted by molar-refractivity contribution is -0.137. The molecule has 5 heteroatoms. The lowest BCUT2D eigenvalue weighted by Crippen LogP contribution is -2.04. The van der Waals surface area contributed by atoms with E-state index < -0.39 is 11.7 Å². The molecule has 3 aromatic rings. The first-order chi connectivity index (χ1) is 13.0. The second kappa shape index (κ2) is 8.70. The second-order valence-electron chi connectivity index (χ2n) is 6.59. The lowest BCUT2D eigenvalue weighted by Gasteiger charge is -2.09. The number of nitrogens with zero attached hydrogens (tertiary/aromatic N) is 1. The van der Waals surface area contributed by atoms with Gasteiger partial charge in [0.2, 0.25) is 0 Å². The normalized spacial score (nSPS) is 11.7. The van der Waals surface area contributed by atoms with Gasteiger partial charge in [-0.3, -0.25) is 4.98 Å². The fraction of sp³-hybridized carbons (Fsp3) is 0.318. The van der Waals surface area contributed by atoms with Crippen LogP contribution in [-0.2, 0) is 12.6 Å². The van der Waals surface area contributed by atoms with E-state index in [1.165, 1.54) is 48.3 Å². The summed E-state index contributed by atoms with van der Waals surface area (Å²) in [7, 11) is 0. The van der Waals surface area contributed by atoms with E-state index in [1.807, 2.05) is 12.1 Å².